The molecule has 0 saturated heterocycles. The highest BCUT2D eigenvalue weighted by molar-refractivity contribution is 9.10. The number of halogens is 1. The van der Waals surface area contributed by atoms with Crippen LogP contribution in [0, 0.1) is 0 Å². The number of fused-ring (bicyclic) bond motifs is 1. The molecule has 1 N–H and O–H groups in total. The standard InChI is InChI=1S/C11H12BrN7/c1-18-7-14-16-9(18)4-5-13-11-15-10-8(12)3-2-6-19(10)17-11/h2-3,6-7H,4-5H2,1H3,(H,13,17). The van der Waals surface area contributed by atoms with E-state index < -0.39 is 0 Å². The SMILES string of the molecule is Cn1cnnc1CCNc1nc2c(Br)cccn2n1. The van der Waals surface area contributed by atoms with Gasteiger partial charge in [0.05, 0.1) is 4.47 Å². The van der Waals surface area contributed by atoms with Gasteiger partial charge in [-0.15, -0.1) is 15.3 Å². The molecule has 0 saturated carbocycles. The van der Waals surface area contributed by atoms with E-state index in [2.05, 4.69) is 41.5 Å². The predicted octanol–water partition coefficient (Wildman–Crippen LogP) is 1.27. The lowest BCUT2D eigenvalue weighted by Gasteiger charge is -2.00. The molecule has 8 heteroatoms. The molecule has 0 amide bonds. The van der Waals surface area contributed by atoms with Crippen LogP contribution in [-0.2, 0) is 13.5 Å². The number of rotatable bonds is 4. The second-order valence-corrected chi connectivity index (χ2v) is 4.95. The van der Waals surface area contributed by atoms with Crippen molar-refractivity contribution in [1.29, 1.82) is 0 Å². The van der Waals surface area contributed by atoms with Gasteiger partial charge in [0.25, 0.3) is 0 Å². The Morgan fingerprint density at radius 1 is 1.42 bits per heavy atom. The van der Waals surface area contributed by atoms with Crippen LogP contribution in [0.25, 0.3) is 5.65 Å². The quantitative estimate of drug-likeness (QED) is 0.783. The summed E-state index contributed by atoms with van der Waals surface area (Å²) in [5.41, 5.74) is 0.795. The largest absolute Gasteiger partial charge is 0.352 e. The van der Waals surface area contributed by atoms with Gasteiger partial charge >= 0.3 is 0 Å². The van der Waals surface area contributed by atoms with Crippen LogP contribution in [0.4, 0.5) is 5.95 Å². The van der Waals surface area contributed by atoms with Crippen LogP contribution < -0.4 is 5.32 Å². The number of aromatic nitrogens is 6. The fraction of sp³-hybridized carbons (Fsp3) is 0.273. The lowest BCUT2D eigenvalue weighted by atomic mass is 10.4. The van der Waals surface area contributed by atoms with Gasteiger partial charge in [-0.25, -0.2) is 4.52 Å². The summed E-state index contributed by atoms with van der Waals surface area (Å²) in [7, 11) is 1.93. The van der Waals surface area contributed by atoms with Gasteiger partial charge in [0.15, 0.2) is 5.65 Å². The summed E-state index contributed by atoms with van der Waals surface area (Å²) in [6.45, 7) is 0.709. The summed E-state index contributed by atoms with van der Waals surface area (Å²) in [5.74, 6) is 1.53. The number of anilines is 1. The molecule has 98 valence electrons. The molecule has 0 spiro atoms. The van der Waals surface area contributed by atoms with Gasteiger partial charge in [-0.1, -0.05) is 0 Å². The van der Waals surface area contributed by atoms with Crippen molar-refractivity contribution in [1.82, 2.24) is 29.4 Å². The Labute approximate surface area is 117 Å². The van der Waals surface area contributed by atoms with Crippen molar-refractivity contribution in [2.75, 3.05) is 11.9 Å². The van der Waals surface area contributed by atoms with Crippen LogP contribution in [0.3, 0.4) is 0 Å². The molecule has 0 aliphatic heterocycles. The number of pyridine rings is 1. The van der Waals surface area contributed by atoms with Crippen LogP contribution in [0.1, 0.15) is 5.82 Å². The monoisotopic (exact) mass is 321 g/mol. The molecule has 7 nitrogen and oxygen atoms in total. The summed E-state index contributed by atoms with van der Waals surface area (Å²) in [4.78, 5) is 4.40. The van der Waals surface area contributed by atoms with Crippen molar-refractivity contribution < 1.29 is 0 Å². The summed E-state index contributed by atoms with van der Waals surface area (Å²) < 4.78 is 4.55. The lowest BCUT2D eigenvalue weighted by Crippen LogP contribution is -2.09. The maximum absolute atomic E-state index is 4.40. The molecule has 0 aliphatic carbocycles. The van der Waals surface area contributed by atoms with Gasteiger partial charge in [0.2, 0.25) is 5.95 Å². The molecular formula is C11H12BrN7. The average Bonchev–Trinajstić information content (AvgIpc) is 2.97. The highest BCUT2D eigenvalue weighted by Gasteiger charge is 2.06. The van der Waals surface area contributed by atoms with E-state index in [1.165, 1.54) is 0 Å². The Morgan fingerprint density at radius 3 is 3.05 bits per heavy atom. The second-order valence-electron chi connectivity index (χ2n) is 4.09. The fourth-order valence-electron chi connectivity index (χ4n) is 1.77. The first-order valence-corrected chi connectivity index (χ1v) is 6.61. The Morgan fingerprint density at radius 2 is 2.32 bits per heavy atom. The third-order valence-corrected chi connectivity index (χ3v) is 3.37. The van der Waals surface area contributed by atoms with Gasteiger partial charge < -0.3 is 9.88 Å². The zero-order valence-corrected chi connectivity index (χ0v) is 11.9. The summed E-state index contributed by atoms with van der Waals surface area (Å²) >= 11 is 3.45. The molecule has 0 atom stereocenters. The zero-order chi connectivity index (χ0) is 13.2. The van der Waals surface area contributed by atoms with E-state index in [0.29, 0.717) is 12.5 Å². The van der Waals surface area contributed by atoms with E-state index in [1.807, 2.05) is 29.9 Å². The van der Waals surface area contributed by atoms with Crippen LogP contribution in [-0.4, -0.2) is 35.9 Å². The first kappa shape index (κ1) is 12.1. The van der Waals surface area contributed by atoms with Gasteiger partial charge in [-0.3, -0.25) is 0 Å². The highest BCUT2D eigenvalue weighted by Crippen LogP contribution is 2.16. The maximum atomic E-state index is 4.40. The van der Waals surface area contributed by atoms with Crippen molar-refractivity contribution in [3.05, 3.63) is 35.0 Å². The van der Waals surface area contributed by atoms with Crippen LogP contribution in [0.15, 0.2) is 29.1 Å². The van der Waals surface area contributed by atoms with Crippen LogP contribution >= 0.6 is 15.9 Å². The maximum Gasteiger partial charge on any atom is 0.243 e. The minimum absolute atomic E-state index is 0.606. The highest BCUT2D eigenvalue weighted by atomic mass is 79.9. The van der Waals surface area contributed by atoms with E-state index in [-0.39, 0.29) is 0 Å². The van der Waals surface area contributed by atoms with Gasteiger partial charge in [-0.05, 0) is 28.1 Å². The van der Waals surface area contributed by atoms with Gasteiger partial charge in [0, 0.05) is 26.2 Å². The molecule has 0 fully saturated rings. The van der Waals surface area contributed by atoms with Crippen molar-refractivity contribution in [3.63, 3.8) is 0 Å². The molecular weight excluding hydrogens is 310 g/mol. The molecule has 0 bridgehead atoms. The number of hydrogen-bond donors (Lipinski definition) is 1. The Hall–Kier alpha value is -1.96. The summed E-state index contributed by atoms with van der Waals surface area (Å²) in [6, 6.07) is 3.85. The Kier molecular flexibility index (Phi) is 3.16. The van der Waals surface area contributed by atoms with E-state index in [1.54, 1.807) is 10.8 Å². The first-order chi connectivity index (χ1) is 9.24. The molecule has 0 unspecified atom stereocenters. The lowest BCUT2D eigenvalue weighted by molar-refractivity contribution is 0.785. The minimum atomic E-state index is 0.606. The minimum Gasteiger partial charge on any atom is -0.352 e. The van der Waals surface area contributed by atoms with E-state index in [9.17, 15) is 0 Å². The first-order valence-electron chi connectivity index (χ1n) is 5.81. The smallest absolute Gasteiger partial charge is 0.243 e. The molecule has 3 heterocycles. The predicted molar refractivity (Wildman–Crippen MR) is 73.9 cm³/mol. The van der Waals surface area contributed by atoms with Crippen molar-refractivity contribution in [2.24, 2.45) is 7.05 Å². The van der Waals surface area contributed by atoms with Crippen molar-refractivity contribution >= 4 is 27.5 Å². The number of aryl methyl sites for hydroxylation is 1. The van der Waals surface area contributed by atoms with Crippen LogP contribution in [0.5, 0.6) is 0 Å². The average molecular weight is 322 g/mol. The normalized spacial score (nSPS) is 11.1. The topological polar surface area (TPSA) is 72.9 Å². The van der Waals surface area contributed by atoms with Crippen molar-refractivity contribution in [2.45, 2.75) is 6.42 Å². The van der Waals surface area contributed by atoms with Crippen molar-refractivity contribution in [3.8, 4) is 0 Å². The molecule has 3 aromatic rings. The zero-order valence-electron chi connectivity index (χ0n) is 10.3. The summed E-state index contributed by atoms with van der Waals surface area (Å²) in [5, 5.41) is 15.4. The van der Waals surface area contributed by atoms with Gasteiger partial charge in [0.1, 0.15) is 12.2 Å². The molecule has 0 aromatic carbocycles. The van der Waals surface area contributed by atoms with E-state index >= 15 is 0 Å². The van der Waals surface area contributed by atoms with Gasteiger partial charge in [-0.2, -0.15) is 4.98 Å². The Bertz CT molecular complexity index is 702. The number of nitrogens with one attached hydrogen (secondary N) is 1. The molecule has 19 heavy (non-hydrogen) atoms. The Balaban J connectivity index is 1.69. The molecule has 3 aromatic heterocycles. The molecule has 3 rings (SSSR count). The fourth-order valence-corrected chi connectivity index (χ4v) is 2.19. The number of nitrogens with zero attached hydrogens (tertiary/aromatic N) is 6. The molecule has 0 aliphatic rings. The second kappa shape index (κ2) is 4.96. The van der Waals surface area contributed by atoms with E-state index in [0.717, 1.165) is 22.4 Å². The van der Waals surface area contributed by atoms with Crippen LogP contribution in [0.2, 0.25) is 0 Å². The third-order valence-electron chi connectivity index (χ3n) is 2.75. The van der Waals surface area contributed by atoms with E-state index in [4.69, 9.17) is 0 Å². The number of hydrogen-bond acceptors (Lipinski definition) is 5. The molecule has 0 radical (unpaired) electrons. The third kappa shape index (κ3) is 2.43. The summed E-state index contributed by atoms with van der Waals surface area (Å²) in [6.07, 6.45) is 4.32.